The second-order valence-corrected chi connectivity index (χ2v) is 3.45. The van der Waals surface area contributed by atoms with Gasteiger partial charge in [-0.05, 0) is 24.3 Å². The number of hydrogen-bond donors (Lipinski definition) is 0. The van der Waals surface area contributed by atoms with Crippen molar-refractivity contribution in [1.82, 2.24) is 0 Å². The number of carbonyl (C=O) groups excluding carboxylic acids is 1. The van der Waals surface area contributed by atoms with E-state index in [1.807, 2.05) is 6.92 Å². The first-order chi connectivity index (χ1) is 7.19. The zero-order valence-corrected chi connectivity index (χ0v) is 9.32. The van der Waals surface area contributed by atoms with Gasteiger partial charge in [0.2, 0.25) is 0 Å². The Morgan fingerprint density at radius 1 is 1.27 bits per heavy atom. The van der Waals surface area contributed by atoms with E-state index in [9.17, 15) is 4.79 Å². The summed E-state index contributed by atoms with van der Waals surface area (Å²) in [5.74, 6) is 0.744. The van der Waals surface area contributed by atoms with Gasteiger partial charge >= 0.3 is 0 Å². The zero-order valence-electron chi connectivity index (χ0n) is 9.32. The summed E-state index contributed by atoms with van der Waals surface area (Å²) in [5.41, 5.74) is 0.695. The molecular weight excluding hydrogens is 192 g/mol. The van der Waals surface area contributed by atoms with Crippen LogP contribution in [0.5, 0.6) is 5.75 Å². The van der Waals surface area contributed by atoms with Crippen molar-refractivity contribution >= 4 is 5.78 Å². The summed E-state index contributed by atoms with van der Waals surface area (Å²) >= 11 is 0. The molecule has 1 atom stereocenters. The van der Waals surface area contributed by atoms with Crippen molar-refractivity contribution in [1.29, 1.82) is 0 Å². The molecule has 0 N–H and O–H groups in total. The number of ether oxygens (including phenoxy) is 2. The molecule has 0 radical (unpaired) electrons. The van der Waals surface area contributed by atoms with Crippen LogP contribution in [-0.2, 0) is 4.74 Å². The molecule has 0 aliphatic rings. The van der Waals surface area contributed by atoms with Crippen LogP contribution in [0.3, 0.4) is 0 Å². The topological polar surface area (TPSA) is 35.5 Å². The van der Waals surface area contributed by atoms with Crippen LogP contribution in [0.2, 0.25) is 0 Å². The molecular formula is C12H16O3. The summed E-state index contributed by atoms with van der Waals surface area (Å²) in [6, 6.07) is 7.11. The fourth-order valence-corrected chi connectivity index (χ4v) is 1.37. The molecule has 0 spiro atoms. The van der Waals surface area contributed by atoms with E-state index < -0.39 is 0 Å². The molecule has 0 bridgehead atoms. The predicted octanol–water partition coefficient (Wildman–Crippen LogP) is 2.16. The molecule has 1 aromatic rings. The first-order valence-electron chi connectivity index (χ1n) is 4.86. The fraction of sp³-hybridized carbons (Fsp3) is 0.417. The number of rotatable bonds is 5. The van der Waals surface area contributed by atoms with Gasteiger partial charge in [0, 0.05) is 18.6 Å². The van der Waals surface area contributed by atoms with Crippen LogP contribution in [-0.4, -0.2) is 26.6 Å². The largest absolute Gasteiger partial charge is 0.497 e. The highest BCUT2D eigenvalue weighted by Gasteiger charge is 2.14. The van der Waals surface area contributed by atoms with Gasteiger partial charge in [0.25, 0.3) is 0 Å². The highest BCUT2D eigenvalue weighted by Crippen LogP contribution is 2.14. The van der Waals surface area contributed by atoms with Crippen LogP contribution in [0.25, 0.3) is 0 Å². The van der Waals surface area contributed by atoms with E-state index in [0.29, 0.717) is 12.2 Å². The van der Waals surface area contributed by atoms with Crippen LogP contribution in [0, 0.1) is 5.92 Å². The van der Waals surface area contributed by atoms with Crippen LogP contribution in [0.4, 0.5) is 0 Å². The maximum atomic E-state index is 11.8. The van der Waals surface area contributed by atoms with Crippen LogP contribution in [0.15, 0.2) is 24.3 Å². The van der Waals surface area contributed by atoms with Gasteiger partial charge in [-0.3, -0.25) is 4.79 Å². The highest BCUT2D eigenvalue weighted by atomic mass is 16.5. The van der Waals surface area contributed by atoms with E-state index in [4.69, 9.17) is 9.47 Å². The van der Waals surface area contributed by atoms with Crippen LogP contribution in [0.1, 0.15) is 17.3 Å². The van der Waals surface area contributed by atoms with Gasteiger partial charge in [0.1, 0.15) is 5.75 Å². The molecule has 3 heteroatoms. The molecule has 0 aliphatic carbocycles. The molecule has 15 heavy (non-hydrogen) atoms. The standard InChI is InChI=1S/C12H16O3/c1-9(8-14-2)12(13)10-4-6-11(15-3)7-5-10/h4-7,9H,8H2,1-3H3. The molecule has 0 saturated carbocycles. The Balaban J connectivity index is 2.73. The van der Waals surface area contributed by atoms with Crippen molar-refractivity contribution in [2.75, 3.05) is 20.8 Å². The van der Waals surface area contributed by atoms with Gasteiger partial charge in [-0.2, -0.15) is 0 Å². The Hall–Kier alpha value is -1.35. The molecule has 0 amide bonds. The second-order valence-electron chi connectivity index (χ2n) is 3.45. The fourth-order valence-electron chi connectivity index (χ4n) is 1.37. The summed E-state index contributed by atoms with van der Waals surface area (Å²) in [4.78, 5) is 11.8. The van der Waals surface area contributed by atoms with Gasteiger partial charge < -0.3 is 9.47 Å². The van der Waals surface area contributed by atoms with E-state index in [1.54, 1.807) is 38.5 Å². The van der Waals surface area contributed by atoms with Crippen molar-refractivity contribution in [2.45, 2.75) is 6.92 Å². The summed E-state index contributed by atoms with van der Waals surface area (Å²) in [6.45, 7) is 2.31. The van der Waals surface area contributed by atoms with E-state index in [0.717, 1.165) is 5.75 Å². The summed E-state index contributed by atoms with van der Waals surface area (Å²) < 4.78 is 9.97. The van der Waals surface area contributed by atoms with Crippen molar-refractivity contribution in [3.05, 3.63) is 29.8 Å². The number of methoxy groups -OCH3 is 2. The molecule has 1 rings (SSSR count). The van der Waals surface area contributed by atoms with Gasteiger partial charge in [-0.25, -0.2) is 0 Å². The molecule has 82 valence electrons. The van der Waals surface area contributed by atoms with Crippen LogP contribution >= 0.6 is 0 Å². The molecule has 1 unspecified atom stereocenters. The summed E-state index contributed by atoms with van der Waals surface area (Å²) in [5, 5.41) is 0. The number of ketones is 1. The molecule has 0 aliphatic heterocycles. The third-order valence-electron chi connectivity index (χ3n) is 2.24. The number of hydrogen-bond acceptors (Lipinski definition) is 3. The van der Waals surface area contributed by atoms with Crippen molar-refractivity contribution in [3.63, 3.8) is 0 Å². The average Bonchev–Trinajstić information content (AvgIpc) is 2.28. The third-order valence-corrected chi connectivity index (χ3v) is 2.24. The highest BCUT2D eigenvalue weighted by molar-refractivity contribution is 5.97. The quantitative estimate of drug-likeness (QED) is 0.695. The van der Waals surface area contributed by atoms with Gasteiger partial charge in [0.05, 0.1) is 13.7 Å². The molecule has 0 aromatic heterocycles. The van der Waals surface area contributed by atoms with Crippen LogP contribution < -0.4 is 4.74 Å². The lowest BCUT2D eigenvalue weighted by Gasteiger charge is -2.09. The first kappa shape index (κ1) is 11.7. The summed E-state index contributed by atoms with van der Waals surface area (Å²) in [7, 11) is 3.20. The minimum atomic E-state index is -0.108. The van der Waals surface area contributed by atoms with E-state index in [-0.39, 0.29) is 11.7 Å². The first-order valence-corrected chi connectivity index (χ1v) is 4.86. The van der Waals surface area contributed by atoms with E-state index >= 15 is 0 Å². The summed E-state index contributed by atoms with van der Waals surface area (Å²) in [6.07, 6.45) is 0. The van der Waals surface area contributed by atoms with E-state index in [1.165, 1.54) is 0 Å². The molecule has 0 saturated heterocycles. The molecule has 0 heterocycles. The lowest BCUT2D eigenvalue weighted by Crippen LogP contribution is -2.16. The molecule has 3 nitrogen and oxygen atoms in total. The molecule has 1 aromatic carbocycles. The SMILES string of the molecule is COCC(C)C(=O)c1ccc(OC)cc1. The minimum absolute atomic E-state index is 0.0968. The minimum Gasteiger partial charge on any atom is -0.497 e. The Morgan fingerprint density at radius 3 is 2.33 bits per heavy atom. The van der Waals surface area contributed by atoms with Crippen molar-refractivity contribution < 1.29 is 14.3 Å². The predicted molar refractivity (Wildman–Crippen MR) is 58.4 cm³/mol. The van der Waals surface area contributed by atoms with E-state index in [2.05, 4.69) is 0 Å². The Labute approximate surface area is 90.0 Å². The molecule has 0 fully saturated rings. The number of carbonyl (C=O) groups is 1. The number of Topliss-reactive ketones (excluding diaryl/α,β-unsaturated/α-hetero) is 1. The smallest absolute Gasteiger partial charge is 0.167 e. The lowest BCUT2D eigenvalue weighted by atomic mass is 10.0. The van der Waals surface area contributed by atoms with Crippen molar-refractivity contribution in [3.8, 4) is 5.75 Å². The maximum absolute atomic E-state index is 11.8. The average molecular weight is 208 g/mol. The Morgan fingerprint density at radius 2 is 1.87 bits per heavy atom. The Kier molecular flexibility index (Phi) is 4.31. The van der Waals surface area contributed by atoms with Gasteiger partial charge in [-0.15, -0.1) is 0 Å². The monoisotopic (exact) mass is 208 g/mol. The second kappa shape index (κ2) is 5.51. The van der Waals surface area contributed by atoms with Gasteiger partial charge in [-0.1, -0.05) is 6.92 Å². The Bertz CT molecular complexity index is 316. The lowest BCUT2D eigenvalue weighted by molar-refractivity contribution is 0.0830. The van der Waals surface area contributed by atoms with Gasteiger partial charge in [0.15, 0.2) is 5.78 Å². The maximum Gasteiger partial charge on any atom is 0.167 e. The third kappa shape index (κ3) is 3.06. The normalized spacial score (nSPS) is 12.2. The number of benzene rings is 1. The van der Waals surface area contributed by atoms with Crippen molar-refractivity contribution in [2.24, 2.45) is 5.92 Å². The zero-order chi connectivity index (χ0) is 11.3.